The lowest BCUT2D eigenvalue weighted by Crippen LogP contribution is -1.89. The Morgan fingerprint density at radius 2 is 2.20 bits per heavy atom. The molecule has 2 rings (SSSR count). The van der Waals surface area contributed by atoms with Crippen LogP contribution >= 0.6 is 11.3 Å². The van der Waals surface area contributed by atoms with Gasteiger partial charge in [-0.25, -0.2) is 0 Å². The minimum atomic E-state index is -0.886. The highest BCUT2D eigenvalue weighted by molar-refractivity contribution is 7.19. The summed E-state index contributed by atoms with van der Waals surface area (Å²) in [5.41, 5.74) is 0. The standard InChI is InChI=1S/C12H8O2S/c13-12(14)7-3-5-10-8-9-4-1-2-6-11(9)15-10/h1-2,4,6,8H,7H2,(H,13,14). The number of carboxylic acids is 1. The minimum absolute atomic E-state index is 0.103. The molecule has 2 nitrogen and oxygen atoms in total. The van der Waals surface area contributed by atoms with E-state index in [1.807, 2.05) is 30.3 Å². The van der Waals surface area contributed by atoms with Gasteiger partial charge in [0, 0.05) is 4.70 Å². The van der Waals surface area contributed by atoms with Crippen molar-refractivity contribution in [3.05, 3.63) is 35.2 Å². The summed E-state index contributed by atoms with van der Waals surface area (Å²) in [6, 6.07) is 9.99. The molecular weight excluding hydrogens is 208 g/mol. The number of carbonyl (C=O) groups is 1. The lowest BCUT2D eigenvalue weighted by molar-refractivity contribution is -0.135. The molecule has 1 heterocycles. The van der Waals surface area contributed by atoms with Gasteiger partial charge in [0.1, 0.15) is 6.42 Å². The molecule has 15 heavy (non-hydrogen) atoms. The average molecular weight is 216 g/mol. The van der Waals surface area contributed by atoms with Gasteiger partial charge in [0.25, 0.3) is 0 Å². The van der Waals surface area contributed by atoms with Gasteiger partial charge in [-0.15, -0.1) is 11.3 Å². The third-order valence-corrected chi connectivity index (χ3v) is 2.91. The first-order valence-electron chi connectivity index (χ1n) is 4.45. The molecule has 0 fully saturated rings. The van der Waals surface area contributed by atoms with Crippen LogP contribution in [0.4, 0.5) is 0 Å². The van der Waals surface area contributed by atoms with Crippen LogP contribution in [-0.4, -0.2) is 11.1 Å². The fourth-order valence-corrected chi connectivity index (χ4v) is 2.19. The second kappa shape index (κ2) is 4.16. The molecule has 0 spiro atoms. The molecule has 0 saturated carbocycles. The molecule has 3 heteroatoms. The molecule has 2 aromatic rings. The lowest BCUT2D eigenvalue weighted by atomic mass is 10.2. The van der Waals surface area contributed by atoms with E-state index in [-0.39, 0.29) is 6.42 Å². The lowest BCUT2D eigenvalue weighted by Gasteiger charge is -1.82. The Kier molecular flexibility index (Phi) is 2.70. The molecule has 0 unspecified atom stereocenters. The van der Waals surface area contributed by atoms with Crippen LogP contribution in [0.3, 0.4) is 0 Å². The Morgan fingerprint density at radius 1 is 1.40 bits per heavy atom. The number of benzene rings is 1. The molecule has 0 radical (unpaired) electrons. The highest BCUT2D eigenvalue weighted by Crippen LogP contribution is 2.24. The summed E-state index contributed by atoms with van der Waals surface area (Å²) in [6.07, 6.45) is -0.103. The van der Waals surface area contributed by atoms with Gasteiger partial charge in [-0.05, 0) is 17.5 Å². The summed E-state index contributed by atoms with van der Waals surface area (Å²) in [6.45, 7) is 0. The molecule has 0 aliphatic carbocycles. The molecule has 0 aliphatic rings. The van der Waals surface area contributed by atoms with Crippen molar-refractivity contribution in [3.63, 3.8) is 0 Å². The first-order valence-corrected chi connectivity index (χ1v) is 5.26. The molecule has 0 amide bonds. The van der Waals surface area contributed by atoms with E-state index in [0.29, 0.717) is 0 Å². The van der Waals surface area contributed by atoms with Gasteiger partial charge in [-0.2, -0.15) is 0 Å². The maximum Gasteiger partial charge on any atom is 0.315 e. The number of hydrogen-bond acceptors (Lipinski definition) is 2. The fraction of sp³-hybridized carbons (Fsp3) is 0.0833. The van der Waals surface area contributed by atoms with Crippen molar-refractivity contribution in [2.45, 2.75) is 6.42 Å². The van der Waals surface area contributed by atoms with Crippen LogP contribution in [0.1, 0.15) is 11.3 Å². The largest absolute Gasteiger partial charge is 0.481 e. The van der Waals surface area contributed by atoms with Gasteiger partial charge in [-0.1, -0.05) is 30.0 Å². The number of fused-ring (bicyclic) bond motifs is 1. The van der Waals surface area contributed by atoms with Crippen molar-refractivity contribution in [2.24, 2.45) is 0 Å². The van der Waals surface area contributed by atoms with Crippen molar-refractivity contribution in [3.8, 4) is 11.8 Å². The van der Waals surface area contributed by atoms with Crippen molar-refractivity contribution in [1.29, 1.82) is 0 Å². The number of aliphatic carboxylic acids is 1. The summed E-state index contributed by atoms with van der Waals surface area (Å²) in [5.74, 6) is 4.59. The van der Waals surface area contributed by atoms with E-state index >= 15 is 0 Å². The molecule has 0 saturated heterocycles. The second-order valence-corrected chi connectivity index (χ2v) is 4.10. The number of rotatable bonds is 1. The smallest absolute Gasteiger partial charge is 0.315 e. The van der Waals surface area contributed by atoms with Crippen LogP contribution in [-0.2, 0) is 4.79 Å². The summed E-state index contributed by atoms with van der Waals surface area (Å²) < 4.78 is 1.18. The summed E-state index contributed by atoms with van der Waals surface area (Å²) in [5, 5.41) is 9.59. The van der Waals surface area contributed by atoms with Gasteiger partial charge in [0.15, 0.2) is 0 Å². The van der Waals surface area contributed by atoms with Gasteiger partial charge < -0.3 is 5.11 Å². The van der Waals surface area contributed by atoms with Crippen molar-refractivity contribution >= 4 is 27.4 Å². The van der Waals surface area contributed by atoms with Gasteiger partial charge in [0.05, 0.1) is 4.88 Å². The van der Waals surface area contributed by atoms with Crippen LogP contribution in [0.25, 0.3) is 10.1 Å². The van der Waals surface area contributed by atoms with E-state index in [9.17, 15) is 4.79 Å². The van der Waals surface area contributed by atoms with Crippen LogP contribution in [0, 0.1) is 11.8 Å². The zero-order valence-corrected chi connectivity index (χ0v) is 8.67. The predicted octanol–water partition coefficient (Wildman–Crippen LogP) is 2.73. The van der Waals surface area contributed by atoms with E-state index in [1.165, 1.54) is 4.70 Å². The zero-order valence-electron chi connectivity index (χ0n) is 7.86. The summed E-state index contributed by atoms with van der Waals surface area (Å²) >= 11 is 1.58. The molecular formula is C12H8O2S. The Labute approximate surface area is 91.2 Å². The van der Waals surface area contributed by atoms with Gasteiger partial charge in [-0.3, -0.25) is 4.79 Å². The highest BCUT2D eigenvalue weighted by Gasteiger charge is 1.97. The highest BCUT2D eigenvalue weighted by atomic mass is 32.1. The Bertz CT molecular complexity index is 524. The van der Waals surface area contributed by atoms with Crippen LogP contribution in [0.2, 0.25) is 0 Å². The number of thiophene rings is 1. The molecule has 1 N–H and O–H groups in total. The Hall–Kier alpha value is -1.79. The zero-order chi connectivity index (χ0) is 10.7. The molecule has 1 aromatic heterocycles. The van der Waals surface area contributed by atoms with E-state index in [1.54, 1.807) is 11.3 Å². The van der Waals surface area contributed by atoms with Gasteiger partial charge >= 0.3 is 5.97 Å². The molecule has 74 valence electrons. The quantitative estimate of drug-likeness (QED) is 0.744. The van der Waals surface area contributed by atoms with Crippen LogP contribution < -0.4 is 0 Å². The summed E-state index contributed by atoms with van der Waals surface area (Å²) in [4.78, 5) is 11.2. The van der Waals surface area contributed by atoms with E-state index in [4.69, 9.17) is 5.11 Å². The van der Waals surface area contributed by atoms with E-state index in [0.717, 1.165) is 10.3 Å². The van der Waals surface area contributed by atoms with Crippen molar-refractivity contribution in [1.82, 2.24) is 0 Å². The molecule has 1 aromatic carbocycles. The SMILES string of the molecule is O=C(O)CC#Cc1cc2ccccc2s1. The second-order valence-electron chi connectivity index (χ2n) is 3.02. The predicted molar refractivity (Wildman–Crippen MR) is 61.0 cm³/mol. The molecule has 0 atom stereocenters. The van der Waals surface area contributed by atoms with E-state index in [2.05, 4.69) is 11.8 Å². The maximum absolute atomic E-state index is 10.3. The Balaban J connectivity index is 2.28. The third-order valence-electron chi connectivity index (χ3n) is 1.88. The minimum Gasteiger partial charge on any atom is -0.481 e. The normalized spacial score (nSPS) is 9.60. The van der Waals surface area contributed by atoms with Crippen molar-refractivity contribution in [2.75, 3.05) is 0 Å². The van der Waals surface area contributed by atoms with Crippen molar-refractivity contribution < 1.29 is 9.90 Å². The molecule has 0 bridgehead atoms. The fourth-order valence-electron chi connectivity index (χ4n) is 1.25. The molecule has 0 aliphatic heterocycles. The van der Waals surface area contributed by atoms with Gasteiger partial charge in [0.2, 0.25) is 0 Å². The first kappa shape index (κ1) is 9.75. The number of hydrogen-bond donors (Lipinski definition) is 1. The number of carboxylic acid groups (broad SMARTS) is 1. The third kappa shape index (κ3) is 2.36. The first-order chi connectivity index (χ1) is 7.25. The Morgan fingerprint density at radius 3 is 2.93 bits per heavy atom. The summed E-state index contributed by atoms with van der Waals surface area (Å²) in [7, 11) is 0. The van der Waals surface area contributed by atoms with Crippen LogP contribution in [0.15, 0.2) is 30.3 Å². The average Bonchev–Trinajstić information content (AvgIpc) is 2.59. The van der Waals surface area contributed by atoms with Crippen LogP contribution in [0.5, 0.6) is 0 Å². The topological polar surface area (TPSA) is 37.3 Å². The van der Waals surface area contributed by atoms with E-state index < -0.39 is 5.97 Å². The monoisotopic (exact) mass is 216 g/mol. The maximum atomic E-state index is 10.3.